The van der Waals surface area contributed by atoms with E-state index in [1.54, 1.807) is 20.8 Å². The van der Waals surface area contributed by atoms with E-state index in [0.29, 0.717) is 0 Å². The molecule has 0 fully saturated rings. The Hall–Kier alpha value is -2.35. The van der Waals surface area contributed by atoms with Crippen molar-refractivity contribution in [1.29, 1.82) is 0 Å². The second-order valence-corrected chi connectivity index (χ2v) is 7.55. The van der Waals surface area contributed by atoms with Gasteiger partial charge in [0.2, 0.25) is 0 Å². The second kappa shape index (κ2) is 5.13. The van der Waals surface area contributed by atoms with Crippen LogP contribution in [0.1, 0.15) is 26.3 Å². The predicted octanol–water partition coefficient (Wildman–Crippen LogP) is 2.09. The van der Waals surface area contributed by atoms with Crippen molar-refractivity contribution >= 4 is 32.6 Å². The maximum absolute atomic E-state index is 12.6. The van der Waals surface area contributed by atoms with Gasteiger partial charge in [0, 0.05) is 11.8 Å². The predicted molar refractivity (Wildman–Crippen MR) is 81.6 cm³/mol. The first-order valence-corrected chi connectivity index (χ1v) is 7.89. The monoisotopic (exact) mass is 324 g/mol. The van der Waals surface area contributed by atoms with Crippen LogP contribution in [0.4, 0.5) is 10.5 Å². The summed E-state index contributed by atoms with van der Waals surface area (Å²) >= 11 is 0. The number of anilines is 1. The standard InChI is InChI=1S/C14H16N2O5S/c1-14(2,3)16-12(17)8-11(22(16,20)21)9-5-4-6-10(7-9)15-13(18)19/h4-8,15H,1-3H3,(H,18,19). The number of benzene rings is 1. The highest BCUT2D eigenvalue weighted by Gasteiger charge is 2.44. The van der Waals surface area contributed by atoms with E-state index in [0.717, 1.165) is 10.4 Å². The summed E-state index contributed by atoms with van der Waals surface area (Å²) in [5.41, 5.74) is -0.403. The third-order valence-corrected chi connectivity index (χ3v) is 5.10. The number of rotatable bonds is 2. The average molecular weight is 324 g/mol. The highest BCUT2D eigenvalue weighted by Crippen LogP contribution is 2.35. The Kier molecular flexibility index (Phi) is 3.74. The summed E-state index contributed by atoms with van der Waals surface area (Å²) in [6.45, 7) is 4.88. The lowest BCUT2D eigenvalue weighted by atomic mass is 10.1. The summed E-state index contributed by atoms with van der Waals surface area (Å²) in [6, 6.07) is 5.89. The summed E-state index contributed by atoms with van der Waals surface area (Å²) in [6.07, 6.45) is -0.201. The summed E-state index contributed by atoms with van der Waals surface area (Å²) in [7, 11) is -3.96. The normalized spacial score (nSPS) is 17.3. The van der Waals surface area contributed by atoms with Gasteiger partial charge in [0.25, 0.3) is 15.9 Å². The lowest BCUT2D eigenvalue weighted by Crippen LogP contribution is -2.45. The van der Waals surface area contributed by atoms with Gasteiger partial charge in [-0.2, -0.15) is 0 Å². The topological polar surface area (TPSA) is 104 Å². The molecular formula is C14H16N2O5S. The number of hydrogen-bond donors (Lipinski definition) is 2. The van der Waals surface area contributed by atoms with Crippen LogP contribution in [0.25, 0.3) is 4.91 Å². The van der Waals surface area contributed by atoms with Crippen LogP contribution < -0.4 is 5.32 Å². The molecule has 0 atom stereocenters. The largest absolute Gasteiger partial charge is 0.465 e. The van der Waals surface area contributed by atoms with Crippen molar-refractivity contribution in [2.75, 3.05) is 5.32 Å². The molecule has 0 aromatic heterocycles. The van der Waals surface area contributed by atoms with Gasteiger partial charge in [-0.05, 0) is 38.5 Å². The van der Waals surface area contributed by atoms with E-state index in [9.17, 15) is 18.0 Å². The first-order chi connectivity index (χ1) is 10.0. The van der Waals surface area contributed by atoms with E-state index in [-0.39, 0.29) is 16.2 Å². The van der Waals surface area contributed by atoms with Crippen LogP contribution in [-0.4, -0.2) is 35.4 Å². The fourth-order valence-corrected chi connectivity index (χ4v) is 4.14. The van der Waals surface area contributed by atoms with Crippen molar-refractivity contribution in [1.82, 2.24) is 4.31 Å². The smallest absolute Gasteiger partial charge is 0.409 e. The van der Waals surface area contributed by atoms with Crippen LogP contribution >= 0.6 is 0 Å². The van der Waals surface area contributed by atoms with Gasteiger partial charge in [0.15, 0.2) is 0 Å². The molecule has 2 N–H and O–H groups in total. The molecule has 0 radical (unpaired) electrons. The summed E-state index contributed by atoms with van der Waals surface area (Å²) in [4.78, 5) is 22.6. The van der Waals surface area contributed by atoms with E-state index >= 15 is 0 Å². The maximum atomic E-state index is 12.6. The SMILES string of the molecule is CC(C)(C)N1C(=O)C=C(c2cccc(NC(=O)O)c2)S1(=O)=O. The van der Waals surface area contributed by atoms with Crippen molar-refractivity contribution in [2.24, 2.45) is 0 Å². The van der Waals surface area contributed by atoms with E-state index in [4.69, 9.17) is 5.11 Å². The van der Waals surface area contributed by atoms with Gasteiger partial charge in [-0.25, -0.2) is 17.5 Å². The third kappa shape index (κ3) is 2.82. The molecule has 0 saturated carbocycles. The first kappa shape index (κ1) is 16.0. The molecule has 1 heterocycles. The van der Waals surface area contributed by atoms with Crippen molar-refractivity contribution in [2.45, 2.75) is 26.3 Å². The minimum Gasteiger partial charge on any atom is -0.465 e. The molecule has 1 aromatic rings. The van der Waals surface area contributed by atoms with Gasteiger partial charge >= 0.3 is 6.09 Å². The molecule has 118 valence electrons. The fourth-order valence-electron chi connectivity index (χ4n) is 2.26. The van der Waals surface area contributed by atoms with Gasteiger partial charge in [-0.1, -0.05) is 12.1 Å². The summed E-state index contributed by atoms with van der Waals surface area (Å²) in [5, 5.41) is 10.9. The van der Waals surface area contributed by atoms with Gasteiger partial charge in [-0.15, -0.1) is 0 Å². The van der Waals surface area contributed by atoms with Gasteiger partial charge < -0.3 is 5.11 Å². The molecule has 2 amide bonds. The van der Waals surface area contributed by atoms with Gasteiger partial charge in [-0.3, -0.25) is 10.1 Å². The summed E-state index contributed by atoms with van der Waals surface area (Å²) in [5.74, 6) is -0.612. The molecule has 1 aliphatic rings. The third-order valence-electron chi connectivity index (χ3n) is 2.98. The quantitative estimate of drug-likeness (QED) is 0.867. The molecule has 22 heavy (non-hydrogen) atoms. The number of carbonyl (C=O) groups excluding carboxylic acids is 1. The number of hydrogen-bond acceptors (Lipinski definition) is 4. The number of nitrogens with one attached hydrogen (secondary N) is 1. The molecule has 8 heteroatoms. The lowest BCUT2D eigenvalue weighted by molar-refractivity contribution is -0.123. The van der Waals surface area contributed by atoms with Gasteiger partial charge in [0.1, 0.15) is 4.91 Å². The van der Waals surface area contributed by atoms with E-state index in [1.807, 2.05) is 0 Å². The first-order valence-electron chi connectivity index (χ1n) is 6.45. The Morgan fingerprint density at radius 2 is 1.91 bits per heavy atom. The number of amides is 2. The molecule has 0 saturated heterocycles. The maximum Gasteiger partial charge on any atom is 0.409 e. The molecule has 0 bridgehead atoms. The van der Waals surface area contributed by atoms with Crippen molar-refractivity contribution in [3.8, 4) is 0 Å². The molecule has 1 aromatic carbocycles. The van der Waals surface area contributed by atoms with Crippen LogP contribution in [0.2, 0.25) is 0 Å². The van der Waals surface area contributed by atoms with Gasteiger partial charge in [0.05, 0.1) is 5.54 Å². The van der Waals surface area contributed by atoms with Crippen LogP contribution in [0.3, 0.4) is 0 Å². The Morgan fingerprint density at radius 3 is 2.41 bits per heavy atom. The van der Waals surface area contributed by atoms with Crippen LogP contribution in [0.15, 0.2) is 30.3 Å². The zero-order valence-electron chi connectivity index (χ0n) is 12.3. The number of nitrogens with zero attached hydrogens (tertiary/aromatic N) is 1. The Bertz CT molecular complexity index is 775. The second-order valence-electron chi connectivity index (χ2n) is 5.80. The zero-order valence-corrected chi connectivity index (χ0v) is 13.1. The van der Waals surface area contributed by atoms with E-state index in [2.05, 4.69) is 5.32 Å². The minimum absolute atomic E-state index is 0.138. The molecule has 7 nitrogen and oxygen atoms in total. The number of carbonyl (C=O) groups is 2. The van der Waals surface area contributed by atoms with Crippen LogP contribution in [0, 0.1) is 0 Å². The number of sulfonamides is 1. The molecule has 0 spiro atoms. The Morgan fingerprint density at radius 1 is 1.27 bits per heavy atom. The molecule has 2 rings (SSSR count). The fraction of sp³-hybridized carbons (Fsp3) is 0.286. The molecule has 0 aliphatic carbocycles. The number of carboxylic acid groups (broad SMARTS) is 1. The van der Waals surface area contributed by atoms with E-state index in [1.165, 1.54) is 24.3 Å². The average Bonchev–Trinajstić information content (AvgIpc) is 2.57. The zero-order chi connectivity index (χ0) is 16.7. The highest BCUT2D eigenvalue weighted by molar-refractivity contribution is 7.99. The summed E-state index contributed by atoms with van der Waals surface area (Å²) < 4.78 is 26.0. The van der Waals surface area contributed by atoms with Crippen molar-refractivity contribution in [3.63, 3.8) is 0 Å². The Balaban J connectivity index is 2.48. The van der Waals surface area contributed by atoms with Crippen LogP contribution in [0.5, 0.6) is 0 Å². The van der Waals surface area contributed by atoms with Crippen molar-refractivity contribution in [3.05, 3.63) is 35.9 Å². The van der Waals surface area contributed by atoms with Crippen molar-refractivity contribution < 1.29 is 23.1 Å². The van der Waals surface area contributed by atoms with Crippen LogP contribution in [-0.2, 0) is 14.8 Å². The Labute approximate surface area is 128 Å². The molecule has 0 unspecified atom stereocenters. The lowest BCUT2D eigenvalue weighted by Gasteiger charge is -2.30. The minimum atomic E-state index is -3.96. The molecular weight excluding hydrogens is 308 g/mol. The van der Waals surface area contributed by atoms with E-state index < -0.39 is 27.6 Å². The highest BCUT2D eigenvalue weighted by atomic mass is 32.2. The molecule has 1 aliphatic heterocycles.